The summed E-state index contributed by atoms with van der Waals surface area (Å²) in [6.45, 7) is 1.38. The lowest BCUT2D eigenvalue weighted by Crippen LogP contribution is -2.32. The molecule has 2 nitrogen and oxygen atoms in total. The van der Waals surface area contributed by atoms with E-state index in [1.807, 2.05) is 30.1 Å². The van der Waals surface area contributed by atoms with Crippen molar-refractivity contribution in [1.29, 1.82) is 0 Å². The standard InChI is InChI=1S/C10H10BrNO/c1-12-5-8-7(10(13)6-12)3-2-4-9(8)11/h2-4H,5-6H2,1H3. The summed E-state index contributed by atoms with van der Waals surface area (Å²) in [4.78, 5) is 13.6. The Morgan fingerprint density at radius 1 is 1.38 bits per heavy atom. The summed E-state index contributed by atoms with van der Waals surface area (Å²) in [6, 6.07) is 5.78. The molecule has 0 atom stereocenters. The van der Waals surface area contributed by atoms with E-state index in [0.29, 0.717) is 6.54 Å². The maximum Gasteiger partial charge on any atom is 0.177 e. The smallest absolute Gasteiger partial charge is 0.177 e. The summed E-state index contributed by atoms with van der Waals surface area (Å²) in [5, 5.41) is 0. The molecule has 0 N–H and O–H groups in total. The lowest BCUT2D eigenvalue weighted by atomic mass is 9.99. The van der Waals surface area contributed by atoms with Crippen molar-refractivity contribution >= 4 is 21.7 Å². The van der Waals surface area contributed by atoms with Crippen molar-refractivity contribution in [3.63, 3.8) is 0 Å². The third kappa shape index (κ3) is 1.54. The second-order valence-electron chi connectivity index (χ2n) is 3.36. The number of halogens is 1. The summed E-state index contributed by atoms with van der Waals surface area (Å²) < 4.78 is 1.03. The van der Waals surface area contributed by atoms with Gasteiger partial charge >= 0.3 is 0 Å². The van der Waals surface area contributed by atoms with E-state index < -0.39 is 0 Å². The minimum Gasteiger partial charge on any atom is -0.295 e. The predicted molar refractivity (Wildman–Crippen MR) is 54.8 cm³/mol. The number of fused-ring (bicyclic) bond motifs is 1. The molecule has 0 fully saturated rings. The molecule has 0 saturated heterocycles. The minimum absolute atomic E-state index is 0.213. The molecule has 13 heavy (non-hydrogen) atoms. The zero-order valence-electron chi connectivity index (χ0n) is 7.38. The summed E-state index contributed by atoms with van der Waals surface area (Å²) in [6.07, 6.45) is 0. The average Bonchev–Trinajstić information content (AvgIpc) is 2.07. The van der Waals surface area contributed by atoms with Gasteiger partial charge in [0.1, 0.15) is 0 Å². The van der Waals surface area contributed by atoms with Crippen LogP contribution >= 0.6 is 15.9 Å². The van der Waals surface area contributed by atoms with Gasteiger partial charge in [-0.3, -0.25) is 9.69 Å². The third-order valence-electron chi connectivity index (χ3n) is 2.26. The Bertz CT molecular complexity index is 362. The van der Waals surface area contributed by atoms with E-state index in [0.717, 1.165) is 22.1 Å². The summed E-state index contributed by atoms with van der Waals surface area (Å²) in [7, 11) is 1.96. The number of hydrogen-bond donors (Lipinski definition) is 0. The SMILES string of the molecule is CN1CC(=O)c2cccc(Br)c2C1. The number of carbonyl (C=O) groups is 1. The van der Waals surface area contributed by atoms with E-state index in [2.05, 4.69) is 15.9 Å². The van der Waals surface area contributed by atoms with Crippen molar-refractivity contribution in [2.75, 3.05) is 13.6 Å². The van der Waals surface area contributed by atoms with E-state index in [1.54, 1.807) is 0 Å². The number of hydrogen-bond acceptors (Lipinski definition) is 2. The van der Waals surface area contributed by atoms with Gasteiger partial charge in [-0.1, -0.05) is 28.1 Å². The highest BCUT2D eigenvalue weighted by Crippen LogP contribution is 2.25. The Hall–Kier alpha value is -0.670. The van der Waals surface area contributed by atoms with Gasteiger partial charge in [-0.25, -0.2) is 0 Å². The number of carbonyl (C=O) groups excluding carboxylic acids is 1. The highest BCUT2D eigenvalue weighted by atomic mass is 79.9. The molecule has 1 aliphatic rings. The first-order valence-electron chi connectivity index (χ1n) is 4.17. The maximum absolute atomic E-state index is 11.6. The normalized spacial score (nSPS) is 17.2. The molecule has 1 heterocycles. The Balaban J connectivity index is 2.55. The molecule has 0 spiro atoms. The maximum atomic E-state index is 11.6. The summed E-state index contributed by atoms with van der Waals surface area (Å²) in [5.74, 6) is 0.213. The molecule has 0 unspecified atom stereocenters. The van der Waals surface area contributed by atoms with Gasteiger partial charge in [0, 0.05) is 16.6 Å². The van der Waals surface area contributed by atoms with Crippen LogP contribution in [0, 0.1) is 0 Å². The molecule has 1 aromatic carbocycles. The van der Waals surface area contributed by atoms with Gasteiger partial charge in [0.15, 0.2) is 5.78 Å². The number of nitrogens with zero attached hydrogens (tertiary/aromatic N) is 1. The van der Waals surface area contributed by atoms with Gasteiger partial charge in [-0.05, 0) is 18.7 Å². The van der Waals surface area contributed by atoms with Crippen molar-refractivity contribution in [2.24, 2.45) is 0 Å². The molecule has 68 valence electrons. The zero-order valence-corrected chi connectivity index (χ0v) is 8.97. The Labute approximate surface area is 85.7 Å². The fraction of sp³-hybridized carbons (Fsp3) is 0.300. The second-order valence-corrected chi connectivity index (χ2v) is 4.22. The van der Waals surface area contributed by atoms with Crippen molar-refractivity contribution in [3.8, 4) is 0 Å². The van der Waals surface area contributed by atoms with E-state index >= 15 is 0 Å². The monoisotopic (exact) mass is 239 g/mol. The van der Waals surface area contributed by atoms with Crippen LogP contribution in [0.25, 0.3) is 0 Å². The van der Waals surface area contributed by atoms with Crippen LogP contribution in [0.1, 0.15) is 15.9 Å². The highest BCUT2D eigenvalue weighted by Gasteiger charge is 2.21. The quantitative estimate of drug-likeness (QED) is 0.691. The van der Waals surface area contributed by atoms with Crippen LogP contribution in [-0.2, 0) is 6.54 Å². The van der Waals surface area contributed by atoms with E-state index in [9.17, 15) is 4.79 Å². The molecular weight excluding hydrogens is 230 g/mol. The van der Waals surface area contributed by atoms with Gasteiger partial charge in [0.05, 0.1) is 6.54 Å². The zero-order chi connectivity index (χ0) is 9.42. The number of rotatable bonds is 0. The number of likely N-dealkylation sites (N-methyl/N-ethyl adjacent to an activating group) is 1. The van der Waals surface area contributed by atoms with Crippen molar-refractivity contribution in [1.82, 2.24) is 4.90 Å². The van der Waals surface area contributed by atoms with Crippen LogP contribution in [0.4, 0.5) is 0 Å². The molecule has 1 aliphatic heterocycles. The Kier molecular flexibility index (Phi) is 2.22. The van der Waals surface area contributed by atoms with Crippen LogP contribution in [0.5, 0.6) is 0 Å². The molecule has 0 aliphatic carbocycles. The first kappa shape index (κ1) is 8.91. The van der Waals surface area contributed by atoms with E-state index in [1.165, 1.54) is 0 Å². The topological polar surface area (TPSA) is 20.3 Å². The third-order valence-corrected chi connectivity index (χ3v) is 3.00. The fourth-order valence-electron chi connectivity index (χ4n) is 1.64. The first-order valence-corrected chi connectivity index (χ1v) is 4.97. The van der Waals surface area contributed by atoms with Gasteiger partial charge in [0.25, 0.3) is 0 Å². The van der Waals surface area contributed by atoms with E-state index in [4.69, 9.17) is 0 Å². The van der Waals surface area contributed by atoms with Crippen molar-refractivity contribution in [2.45, 2.75) is 6.54 Å². The summed E-state index contributed by atoms with van der Waals surface area (Å²) >= 11 is 3.46. The average molecular weight is 240 g/mol. The molecule has 1 aromatic rings. The molecule has 0 amide bonds. The molecule has 0 aromatic heterocycles. The van der Waals surface area contributed by atoms with Crippen LogP contribution < -0.4 is 0 Å². The Morgan fingerprint density at radius 3 is 2.92 bits per heavy atom. The van der Waals surface area contributed by atoms with Crippen molar-refractivity contribution in [3.05, 3.63) is 33.8 Å². The lowest BCUT2D eigenvalue weighted by Gasteiger charge is -2.24. The fourth-order valence-corrected chi connectivity index (χ4v) is 2.13. The molecular formula is C10H10BrNO. The van der Waals surface area contributed by atoms with Crippen LogP contribution in [0.15, 0.2) is 22.7 Å². The second kappa shape index (κ2) is 3.24. The van der Waals surface area contributed by atoms with E-state index in [-0.39, 0.29) is 5.78 Å². The number of Topliss-reactive ketones (excluding diaryl/α,β-unsaturated/α-hetero) is 1. The van der Waals surface area contributed by atoms with Gasteiger partial charge < -0.3 is 0 Å². The van der Waals surface area contributed by atoms with Gasteiger partial charge in [-0.2, -0.15) is 0 Å². The minimum atomic E-state index is 0.213. The van der Waals surface area contributed by atoms with Crippen LogP contribution in [-0.4, -0.2) is 24.3 Å². The largest absolute Gasteiger partial charge is 0.295 e. The predicted octanol–water partition coefficient (Wildman–Crippen LogP) is 2.08. The number of ketones is 1. The van der Waals surface area contributed by atoms with Crippen LogP contribution in [0.2, 0.25) is 0 Å². The highest BCUT2D eigenvalue weighted by molar-refractivity contribution is 9.10. The van der Waals surface area contributed by atoms with Crippen molar-refractivity contribution < 1.29 is 4.79 Å². The first-order chi connectivity index (χ1) is 6.18. The number of benzene rings is 1. The molecule has 2 rings (SSSR count). The molecule has 0 radical (unpaired) electrons. The van der Waals surface area contributed by atoms with Gasteiger partial charge in [-0.15, -0.1) is 0 Å². The van der Waals surface area contributed by atoms with Crippen LogP contribution in [0.3, 0.4) is 0 Å². The lowest BCUT2D eigenvalue weighted by molar-refractivity contribution is 0.0922. The molecule has 0 bridgehead atoms. The van der Waals surface area contributed by atoms with Gasteiger partial charge in [0.2, 0.25) is 0 Å². The Morgan fingerprint density at radius 2 is 2.15 bits per heavy atom. The summed E-state index contributed by atoms with van der Waals surface area (Å²) in [5.41, 5.74) is 1.98. The molecule has 3 heteroatoms. The molecule has 0 saturated carbocycles.